The molecule has 0 radical (unpaired) electrons. The van der Waals surface area contributed by atoms with E-state index < -0.39 is 41.4 Å². The molecule has 204 valence electrons. The Morgan fingerprint density at radius 3 is 1.82 bits per heavy atom. The normalized spacial score (nSPS) is 11.1. The van der Waals surface area contributed by atoms with Crippen LogP contribution in [0.15, 0.2) is 26.2 Å². The van der Waals surface area contributed by atoms with E-state index in [1.165, 1.54) is 63.7 Å². The summed E-state index contributed by atoms with van der Waals surface area (Å²) in [7, 11) is 8.35. The molecule has 2 heterocycles. The Hall–Kier alpha value is -3.43. The fraction of sp³-hybridized carbons (Fsp3) is 0.348. The lowest BCUT2D eigenvalue weighted by Gasteiger charge is -2.24. The number of hydrogen-bond donors (Lipinski definition) is 2. The maximum atomic E-state index is 13.5. The van der Waals surface area contributed by atoms with Crippen LogP contribution in [-0.2, 0) is 37.7 Å². The number of benzene rings is 1. The average molecular weight is 630 g/mol. The minimum absolute atomic E-state index is 0.0314. The fourth-order valence-corrected chi connectivity index (χ4v) is 4.85. The van der Waals surface area contributed by atoms with Gasteiger partial charge in [-0.15, -0.1) is 0 Å². The van der Waals surface area contributed by atoms with Gasteiger partial charge in [0.1, 0.15) is 0 Å². The topological polar surface area (TPSA) is 139 Å². The lowest BCUT2D eigenvalue weighted by molar-refractivity contribution is -0.142. The second-order valence-electron chi connectivity index (χ2n) is 8.22. The SMILES string of the molecule is COC(=O)COc1c(Br)cc(C(c2c(O)n(C)c(=S)n(C)c2=O)c2c(O)n(C)c(=S)n(C)c2=O)cc1OC. The molecule has 0 saturated carbocycles. The summed E-state index contributed by atoms with van der Waals surface area (Å²) in [6, 6.07) is 2.98. The monoisotopic (exact) mass is 628 g/mol. The van der Waals surface area contributed by atoms with Gasteiger partial charge >= 0.3 is 5.97 Å². The van der Waals surface area contributed by atoms with Gasteiger partial charge < -0.3 is 24.4 Å². The van der Waals surface area contributed by atoms with Crippen LogP contribution in [0, 0.1) is 9.54 Å². The predicted octanol–water partition coefficient (Wildman–Crippen LogP) is 2.13. The summed E-state index contributed by atoms with van der Waals surface area (Å²) in [6.07, 6.45) is 0. The number of carbonyl (C=O) groups excluding carboxylic acids is 1. The van der Waals surface area contributed by atoms with E-state index in [9.17, 15) is 24.6 Å². The van der Waals surface area contributed by atoms with Crippen LogP contribution in [0.4, 0.5) is 0 Å². The summed E-state index contributed by atoms with van der Waals surface area (Å²) in [6.45, 7) is -0.414. The number of aromatic nitrogens is 4. The van der Waals surface area contributed by atoms with Crippen molar-refractivity contribution in [2.24, 2.45) is 28.2 Å². The van der Waals surface area contributed by atoms with Gasteiger partial charge in [0.05, 0.1) is 35.7 Å². The molecule has 1 aromatic carbocycles. The molecular formula is C23H25BrN4O8S2. The van der Waals surface area contributed by atoms with E-state index in [0.717, 1.165) is 9.13 Å². The number of ether oxygens (including phenoxy) is 3. The van der Waals surface area contributed by atoms with Crippen LogP contribution in [0.1, 0.15) is 22.6 Å². The van der Waals surface area contributed by atoms with Gasteiger partial charge in [0, 0.05) is 28.2 Å². The minimum atomic E-state index is -1.32. The number of esters is 1. The van der Waals surface area contributed by atoms with Crippen LogP contribution in [0.3, 0.4) is 0 Å². The average Bonchev–Trinajstić information content (AvgIpc) is 2.90. The molecule has 3 aromatic rings. The van der Waals surface area contributed by atoms with Crippen molar-refractivity contribution in [3.8, 4) is 23.3 Å². The lowest BCUT2D eigenvalue weighted by Crippen LogP contribution is -2.33. The Balaban J connectivity index is 2.49. The van der Waals surface area contributed by atoms with Crippen molar-refractivity contribution in [1.29, 1.82) is 0 Å². The smallest absolute Gasteiger partial charge is 0.343 e. The summed E-state index contributed by atoms with van der Waals surface area (Å²) in [5.74, 6) is -2.69. The Kier molecular flexibility index (Phi) is 8.53. The lowest BCUT2D eigenvalue weighted by atomic mass is 9.86. The molecule has 0 bridgehead atoms. The van der Waals surface area contributed by atoms with E-state index in [0.29, 0.717) is 4.47 Å². The van der Waals surface area contributed by atoms with Crippen LogP contribution in [-0.4, -0.2) is 55.3 Å². The fourth-order valence-electron chi connectivity index (χ4n) is 3.94. The Morgan fingerprint density at radius 2 is 1.39 bits per heavy atom. The van der Waals surface area contributed by atoms with Crippen molar-refractivity contribution in [2.45, 2.75) is 5.92 Å². The standard InChI is InChI=1S/C23H25BrN4O8S2/c1-25-18(30)15(19(31)26(2)22(25)37)14(16-20(32)27(3)23(38)28(4)21(16)33)10-7-11(24)17(12(8-10)34-5)36-9-13(29)35-6/h7-8,14,30,32H,9H2,1-6H3. The van der Waals surface area contributed by atoms with Crippen molar-refractivity contribution >= 4 is 46.3 Å². The number of aromatic hydroxyl groups is 2. The molecule has 2 N–H and O–H groups in total. The Bertz CT molecular complexity index is 1600. The maximum absolute atomic E-state index is 13.5. The van der Waals surface area contributed by atoms with E-state index in [-0.39, 0.29) is 37.7 Å². The summed E-state index contributed by atoms with van der Waals surface area (Å²) in [4.78, 5) is 38.6. The first-order valence-corrected chi connectivity index (χ1v) is 12.4. The van der Waals surface area contributed by atoms with E-state index >= 15 is 0 Å². The zero-order valence-electron chi connectivity index (χ0n) is 21.3. The van der Waals surface area contributed by atoms with Gasteiger partial charge in [0.25, 0.3) is 11.1 Å². The van der Waals surface area contributed by atoms with Crippen molar-refractivity contribution in [3.63, 3.8) is 0 Å². The van der Waals surface area contributed by atoms with Crippen LogP contribution in [0.2, 0.25) is 0 Å². The minimum Gasteiger partial charge on any atom is -0.494 e. The van der Waals surface area contributed by atoms with Crippen molar-refractivity contribution < 1.29 is 29.2 Å². The number of carbonyl (C=O) groups is 1. The van der Waals surface area contributed by atoms with Crippen LogP contribution < -0.4 is 20.6 Å². The molecule has 0 saturated heterocycles. The van der Waals surface area contributed by atoms with Gasteiger partial charge in [-0.05, 0) is 58.1 Å². The van der Waals surface area contributed by atoms with Gasteiger partial charge in [-0.25, -0.2) is 4.79 Å². The highest BCUT2D eigenvalue weighted by Gasteiger charge is 2.33. The molecule has 0 aliphatic rings. The van der Waals surface area contributed by atoms with Crippen LogP contribution in [0.5, 0.6) is 23.3 Å². The summed E-state index contributed by atoms with van der Waals surface area (Å²) in [5.41, 5.74) is -1.59. The third-order valence-electron chi connectivity index (χ3n) is 6.06. The Labute approximate surface area is 235 Å². The highest BCUT2D eigenvalue weighted by molar-refractivity contribution is 9.10. The predicted molar refractivity (Wildman–Crippen MR) is 145 cm³/mol. The van der Waals surface area contributed by atoms with E-state index in [1.54, 1.807) is 0 Å². The number of rotatable bonds is 7. The molecule has 38 heavy (non-hydrogen) atoms. The highest BCUT2D eigenvalue weighted by Crippen LogP contribution is 2.43. The number of nitrogens with zero attached hydrogens (tertiary/aromatic N) is 4. The third kappa shape index (κ3) is 4.88. The zero-order chi connectivity index (χ0) is 28.6. The van der Waals surface area contributed by atoms with Gasteiger partial charge in [0.2, 0.25) is 11.8 Å². The first-order valence-electron chi connectivity index (χ1n) is 10.8. The van der Waals surface area contributed by atoms with E-state index in [1.807, 2.05) is 0 Å². The zero-order valence-corrected chi connectivity index (χ0v) is 24.5. The molecule has 2 aromatic heterocycles. The molecule has 3 rings (SSSR count). The quantitative estimate of drug-likeness (QED) is 0.295. The van der Waals surface area contributed by atoms with Gasteiger partial charge in [-0.2, -0.15) is 0 Å². The van der Waals surface area contributed by atoms with Crippen molar-refractivity contribution in [3.05, 3.63) is 63.5 Å². The first kappa shape index (κ1) is 29.1. The molecule has 0 amide bonds. The number of methoxy groups -OCH3 is 2. The van der Waals surface area contributed by atoms with Crippen molar-refractivity contribution in [2.75, 3.05) is 20.8 Å². The molecule has 0 atom stereocenters. The number of hydrogen-bond acceptors (Lipinski definition) is 10. The second kappa shape index (κ2) is 11.1. The molecule has 0 aliphatic carbocycles. The highest BCUT2D eigenvalue weighted by atomic mass is 79.9. The first-order chi connectivity index (χ1) is 17.8. The summed E-state index contributed by atoms with van der Waals surface area (Å²) in [5, 5.41) is 22.2. The molecule has 15 heteroatoms. The Morgan fingerprint density at radius 1 is 0.921 bits per heavy atom. The van der Waals surface area contributed by atoms with E-state index in [2.05, 4.69) is 20.7 Å². The van der Waals surface area contributed by atoms with Crippen LogP contribution >= 0.6 is 40.4 Å². The maximum Gasteiger partial charge on any atom is 0.343 e. The van der Waals surface area contributed by atoms with Gasteiger partial charge in [0.15, 0.2) is 27.6 Å². The van der Waals surface area contributed by atoms with Crippen molar-refractivity contribution in [1.82, 2.24) is 18.3 Å². The van der Waals surface area contributed by atoms with Gasteiger partial charge in [-0.3, -0.25) is 27.9 Å². The summed E-state index contributed by atoms with van der Waals surface area (Å²) < 4.78 is 20.7. The molecule has 0 spiro atoms. The second-order valence-corrected chi connectivity index (χ2v) is 9.80. The largest absolute Gasteiger partial charge is 0.494 e. The molecule has 0 fully saturated rings. The number of halogens is 1. The molecule has 0 aliphatic heterocycles. The molecule has 12 nitrogen and oxygen atoms in total. The third-order valence-corrected chi connectivity index (χ3v) is 7.74. The summed E-state index contributed by atoms with van der Waals surface area (Å²) >= 11 is 13.9. The molecular weight excluding hydrogens is 604 g/mol. The van der Waals surface area contributed by atoms with E-state index in [4.69, 9.17) is 33.9 Å². The molecule has 0 unspecified atom stereocenters. The van der Waals surface area contributed by atoms with Gasteiger partial charge in [-0.1, -0.05) is 0 Å². The van der Waals surface area contributed by atoms with Crippen LogP contribution in [0.25, 0.3) is 0 Å².